The van der Waals surface area contributed by atoms with Gasteiger partial charge in [-0.2, -0.15) is 0 Å². The van der Waals surface area contributed by atoms with E-state index in [2.05, 4.69) is 67.8 Å². The molecule has 3 aromatic carbocycles. The average molecular weight is 581 g/mol. The Morgan fingerprint density at radius 2 is 1.60 bits per heavy atom. The zero-order chi connectivity index (χ0) is 23.5. The lowest BCUT2D eigenvalue weighted by atomic mass is 9.99. The number of nitrogens with zero attached hydrogens (tertiary/aromatic N) is 1. The molecule has 4 nitrogen and oxygen atoms in total. The highest BCUT2D eigenvalue weighted by molar-refractivity contribution is 6.07. The van der Waals surface area contributed by atoms with Crippen molar-refractivity contribution >= 4 is 17.7 Å². The summed E-state index contributed by atoms with van der Waals surface area (Å²) in [6.07, 6.45) is 5.94. The lowest BCUT2D eigenvalue weighted by molar-refractivity contribution is -0.926. The van der Waals surface area contributed by atoms with E-state index in [1.807, 2.05) is 24.3 Å². The van der Waals surface area contributed by atoms with Crippen molar-refractivity contribution in [3.8, 4) is 16.9 Å². The number of aryl methyl sites for hydroxylation is 1. The predicted molar refractivity (Wildman–Crippen MR) is 139 cm³/mol. The molecule has 1 saturated heterocycles. The minimum atomic E-state index is -0.117. The van der Waals surface area contributed by atoms with Crippen molar-refractivity contribution in [1.82, 2.24) is 0 Å². The van der Waals surface area contributed by atoms with E-state index in [1.54, 1.807) is 0 Å². The maximum Gasteiger partial charge on any atom is 0.255 e. The van der Waals surface area contributed by atoms with Crippen LogP contribution in [0.25, 0.3) is 17.2 Å². The fourth-order valence-electron chi connectivity index (χ4n) is 5.01. The fraction of sp³-hybridized carbons (Fsp3) is 0.300. The van der Waals surface area contributed by atoms with Gasteiger partial charge in [-0.15, -0.1) is 0 Å². The van der Waals surface area contributed by atoms with E-state index in [1.165, 1.54) is 43.5 Å². The molecule has 3 aromatic rings. The Morgan fingerprint density at radius 3 is 2.31 bits per heavy atom. The van der Waals surface area contributed by atoms with Gasteiger partial charge in [0.15, 0.2) is 0 Å². The van der Waals surface area contributed by atoms with Crippen LogP contribution in [0.15, 0.2) is 72.3 Å². The molecular formula is C30H33IN2O2. The first-order valence-electron chi connectivity index (χ1n) is 12.3. The first kappa shape index (κ1) is 25.5. The van der Waals surface area contributed by atoms with E-state index in [-0.39, 0.29) is 36.5 Å². The minimum absolute atomic E-state index is 0. The number of quaternary nitrogens is 1. The van der Waals surface area contributed by atoms with E-state index in [0.29, 0.717) is 5.57 Å². The van der Waals surface area contributed by atoms with Gasteiger partial charge in [-0.3, -0.25) is 4.79 Å². The van der Waals surface area contributed by atoms with Crippen molar-refractivity contribution in [2.75, 3.05) is 32.1 Å². The van der Waals surface area contributed by atoms with Gasteiger partial charge >= 0.3 is 0 Å². The summed E-state index contributed by atoms with van der Waals surface area (Å²) in [6, 6.07) is 22.9. The second-order valence-electron chi connectivity index (χ2n) is 10.0. The topological polar surface area (TPSA) is 38.3 Å². The Balaban J connectivity index is 0.00000289. The second-order valence-corrected chi connectivity index (χ2v) is 10.0. The molecule has 0 aromatic heterocycles. The van der Waals surface area contributed by atoms with E-state index in [0.717, 1.165) is 39.2 Å². The van der Waals surface area contributed by atoms with Crippen molar-refractivity contribution in [2.45, 2.75) is 32.7 Å². The summed E-state index contributed by atoms with van der Waals surface area (Å²) in [7, 11) is 2.35. The number of hydrogen-bond donors (Lipinski definition) is 1. The number of anilines is 1. The Hall–Kier alpha value is -2.64. The van der Waals surface area contributed by atoms with Crippen LogP contribution in [0.2, 0.25) is 0 Å². The molecule has 0 unspecified atom stereocenters. The summed E-state index contributed by atoms with van der Waals surface area (Å²) < 4.78 is 7.00. The van der Waals surface area contributed by atoms with Gasteiger partial charge in [0, 0.05) is 16.8 Å². The van der Waals surface area contributed by atoms with Crippen molar-refractivity contribution in [2.24, 2.45) is 0 Å². The fourth-order valence-corrected chi connectivity index (χ4v) is 5.01. The van der Waals surface area contributed by atoms with Crippen LogP contribution < -0.4 is 34.0 Å². The molecule has 2 heterocycles. The lowest BCUT2D eigenvalue weighted by Gasteiger charge is -2.37. The number of carbonyl (C=O) groups is 1. The van der Waals surface area contributed by atoms with Gasteiger partial charge in [-0.1, -0.05) is 48.0 Å². The minimum Gasteiger partial charge on any atom is -1.00 e. The van der Waals surface area contributed by atoms with Crippen LogP contribution in [-0.2, 0) is 11.3 Å². The van der Waals surface area contributed by atoms with Gasteiger partial charge in [0.25, 0.3) is 5.91 Å². The van der Waals surface area contributed by atoms with Crippen molar-refractivity contribution < 1.29 is 38.0 Å². The van der Waals surface area contributed by atoms with Crippen LogP contribution in [-0.4, -0.2) is 37.1 Å². The summed E-state index contributed by atoms with van der Waals surface area (Å²) in [5, 5.41) is 3.04. The predicted octanol–water partition coefficient (Wildman–Crippen LogP) is 3.21. The molecule has 182 valence electrons. The number of rotatable bonds is 5. The molecule has 0 bridgehead atoms. The number of amides is 1. The number of likely N-dealkylation sites (tertiary alicyclic amines) is 1. The van der Waals surface area contributed by atoms with Crippen molar-refractivity contribution in [3.63, 3.8) is 0 Å². The van der Waals surface area contributed by atoms with E-state index in [9.17, 15) is 4.79 Å². The summed E-state index contributed by atoms with van der Waals surface area (Å²) in [4.78, 5) is 13.0. The maximum atomic E-state index is 13.0. The largest absolute Gasteiger partial charge is 1.00 e. The highest BCUT2D eigenvalue weighted by Crippen LogP contribution is 2.32. The molecule has 1 amide bonds. The Kier molecular flexibility index (Phi) is 7.97. The summed E-state index contributed by atoms with van der Waals surface area (Å²) >= 11 is 0. The third-order valence-corrected chi connectivity index (χ3v) is 7.07. The average Bonchev–Trinajstić information content (AvgIpc) is 2.85. The quantitative estimate of drug-likeness (QED) is 0.372. The molecule has 0 aliphatic carbocycles. The highest BCUT2D eigenvalue weighted by atomic mass is 127. The molecule has 2 aliphatic heterocycles. The molecule has 35 heavy (non-hydrogen) atoms. The molecule has 0 saturated carbocycles. The molecule has 5 rings (SSSR count). The molecule has 1 fully saturated rings. The molecule has 0 radical (unpaired) electrons. The number of benzene rings is 3. The standard InChI is InChI=1S/C30H32N2O2.HI/c1-22-6-10-24(11-7-22)25-12-15-29-26(18-25)19-27(21-34-29)30(33)31-28-13-8-23(9-14-28)20-32(2)16-4-3-5-17-32;/h6-15,18-19H,3-5,16-17,20-21H2,1-2H3;1H. The smallest absolute Gasteiger partial charge is 0.255 e. The van der Waals surface area contributed by atoms with E-state index in [4.69, 9.17) is 4.74 Å². The van der Waals surface area contributed by atoms with Gasteiger partial charge in [0.05, 0.1) is 25.7 Å². The molecule has 0 spiro atoms. The molecule has 5 heteroatoms. The maximum absolute atomic E-state index is 13.0. The number of carbonyl (C=O) groups excluding carboxylic acids is 1. The SMILES string of the molecule is Cc1ccc(-c2ccc3c(c2)C=C(C(=O)Nc2ccc(C[N+]4(C)CCCCC4)cc2)CO3)cc1.[I-]. The van der Waals surface area contributed by atoms with Gasteiger partial charge in [0.2, 0.25) is 0 Å². The first-order valence-corrected chi connectivity index (χ1v) is 12.3. The number of halogens is 1. The molecule has 1 N–H and O–H groups in total. The van der Waals surface area contributed by atoms with Crippen LogP contribution in [0.5, 0.6) is 5.75 Å². The first-order chi connectivity index (χ1) is 16.5. The van der Waals surface area contributed by atoms with Gasteiger partial charge in [0.1, 0.15) is 18.9 Å². The van der Waals surface area contributed by atoms with Crippen LogP contribution in [0.1, 0.15) is 36.0 Å². The van der Waals surface area contributed by atoms with Crippen LogP contribution in [0, 0.1) is 6.92 Å². The number of nitrogens with one attached hydrogen (secondary N) is 1. The zero-order valence-corrected chi connectivity index (χ0v) is 22.7. The second kappa shape index (κ2) is 11.0. The number of piperidine rings is 1. The third-order valence-electron chi connectivity index (χ3n) is 7.07. The molecule has 2 aliphatic rings. The van der Waals surface area contributed by atoms with Gasteiger partial charge < -0.3 is 38.5 Å². The number of fused-ring (bicyclic) bond motifs is 1. The van der Waals surface area contributed by atoms with Gasteiger partial charge in [-0.05, 0) is 67.7 Å². The summed E-state index contributed by atoms with van der Waals surface area (Å²) in [5.74, 6) is 0.695. The Bertz CT molecular complexity index is 1210. The summed E-state index contributed by atoms with van der Waals surface area (Å²) in [5.41, 5.74) is 7.20. The van der Waals surface area contributed by atoms with Crippen molar-refractivity contribution in [1.29, 1.82) is 0 Å². The van der Waals surface area contributed by atoms with Crippen molar-refractivity contribution in [3.05, 3.63) is 89.0 Å². The lowest BCUT2D eigenvalue weighted by Crippen LogP contribution is -3.00. The van der Waals surface area contributed by atoms with Crippen LogP contribution in [0.3, 0.4) is 0 Å². The zero-order valence-electron chi connectivity index (χ0n) is 20.5. The Labute approximate surface area is 225 Å². The molecular weight excluding hydrogens is 547 g/mol. The van der Waals surface area contributed by atoms with Crippen LogP contribution in [0.4, 0.5) is 5.69 Å². The molecule has 0 atom stereocenters. The Morgan fingerprint density at radius 1 is 0.914 bits per heavy atom. The third kappa shape index (κ3) is 6.14. The van der Waals surface area contributed by atoms with Gasteiger partial charge in [-0.25, -0.2) is 0 Å². The van der Waals surface area contributed by atoms with E-state index < -0.39 is 0 Å². The normalized spacial score (nSPS) is 16.2. The van der Waals surface area contributed by atoms with E-state index >= 15 is 0 Å². The summed E-state index contributed by atoms with van der Waals surface area (Å²) in [6.45, 7) is 5.91. The highest BCUT2D eigenvalue weighted by Gasteiger charge is 2.25. The number of ether oxygens (including phenoxy) is 1. The number of hydrogen-bond acceptors (Lipinski definition) is 2. The monoisotopic (exact) mass is 580 g/mol. The van der Waals surface area contributed by atoms with Crippen LogP contribution >= 0.6 is 0 Å².